The summed E-state index contributed by atoms with van der Waals surface area (Å²) < 4.78 is 0. The number of aliphatic hydroxyl groups excluding tert-OH is 4. The number of rotatable bonds is 13. The fourth-order valence-electron chi connectivity index (χ4n) is 1.12. The van der Waals surface area contributed by atoms with E-state index in [0.29, 0.717) is 39.0 Å². The third kappa shape index (κ3) is 10.2. The van der Waals surface area contributed by atoms with E-state index >= 15 is 0 Å². The van der Waals surface area contributed by atoms with Crippen molar-refractivity contribution < 1.29 is 20.4 Å². The van der Waals surface area contributed by atoms with Crippen molar-refractivity contribution in [3.8, 4) is 0 Å². The van der Waals surface area contributed by atoms with Gasteiger partial charge in [0.1, 0.15) is 23.3 Å². The van der Waals surface area contributed by atoms with E-state index in [2.05, 4.69) is 10.6 Å². The zero-order valence-corrected chi connectivity index (χ0v) is 12.9. The van der Waals surface area contributed by atoms with Gasteiger partial charge in [-0.2, -0.15) is 0 Å². The summed E-state index contributed by atoms with van der Waals surface area (Å²) in [5.74, 6) is 0. The predicted molar refractivity (Wildman–Crippen MR) is 82.6 cm³/mol. The molecular weight excluding hydrogens is 304 g/mol. The molecule has 0 rings (SSSR count). The normalized spacial score (nSPS) is 17.7. The van der Waals surface area contributed by atoms with E-state index in [4.69, 9.17) is 11.5 Å². The van der Waals surface area contributed by atoms with Gasteiger partial charge in [-0.25, -0.2) is 0 Å². The monoisotopic (exact) mass is 330 g/mol. The van der Waals surface area contributed by atoms with E-state index in [9.17, 15) is 20.4 Å². The lowest BCUT2D eigenvalue weighted by Crippen LogP contribution is -2.40. The molecule has 20 heavy (non-hydrogen) atoms. The average Bonchev–Trinajstić information content (AvgIpc) is 2.44. The number of hydrogen-bond donors (Lipinski definition) is 8. The van der Waals surface area contributed by atoms with Crippen LogP contribution in [0.4, 0.5) is 0 Å². The van der Waals surface area contributed by atoms with Gasteiger partial charge in [-0.1, -0.05) is 21.6 Å². The highest BCUT2D eigenvalue weighted by Crippen LogP contribution is 2.31. The van der Waals surface area contributed by atoms with Crippen LogP contribution in [-0.4, -0.2) is 69.9 Å². The first kappa shape index (κ1) is 20.4. The molecule has 4 unspecified atom stereocenters. The predicted octanol–water partition coefficient (Wildman–Crippen LogP) is -2.48. The Balaban J connectivity index is 3.77. The van der Waals surface area contributed by atoms with Gasteiger partial charge in [-0.05, 0) is 39.0 Å². The van der Waals surface area contributed by atoms with Crippen LogP contribution in [0, 0.1) is 0 Å². The highest BCUT2D eigenvalue weighted by atomic mass is 33.1. The van der Waals surface area contributed by atoms with Crippen LogP contribution in [0.1, 0.15) is 12.8 Å². The third-order valence-electron chi connectivity index (χ3n) is 2.26. The third-order valence-corrected chi connectivity index (χ3v) is 4.80. The summed E-state index contributed by atoms with van der Waals surface area (Å²) in [6.07, 6.45) is -0.857. The Morgan fingerprint density at radius 2 is 1.10 bits per heavy atom. The second-order valence-corrected chi connectivity index (χ2v) is 6.56. The summed E-state index contributed by atoms with van der Waals surface area (Å²) in [5, 5.41) is 43.8. The molecule has 122 valence electrons. The molecule has 0 amide bonds. The molecule has 0 saturated heterocycles. The largest absolute Gasteiger partial charge is 0.377 e. The van der Waals surface area contributed by atoms with E-state index in [-0.39, 0.29) is 0 Å². The summed E-state index contributed by atoms with van der Waals surface area (Å²) in [4.78, 5) is 0. The first-order valence-electron chi connectivity index (χ1n) is 6.44. The minimum Gasteiger partial charge on any atom is -0.377 e. The zero-order chi connectivity index (χ0) is 15.4. The average molecular weight is 330 g/mol. The van der Waals surface area contributed by atoms with Crippen molar-refractivity contribution in [2.75, 3.05) is 26.2 Å². The van der Waals surface area contributed by atoms with Crippen LogP contribution >= 0.6 is 21.6 Å². The highest BCUT2D eigenvalue weighted by Gasteiger charge is 2.21. The standard InChI is InChI=1S/C10H26N4O4S2/c11-3-1-5-13-7(15)9(17)19-20-10(18)8(16)14-6-2-4-12/h7-10,13-18H,1-6,11-12H2. The summed E-state index contributed by atoms with van der Waals surface area (Å²) in [5.41, 5.74) is 8.36. The topological polar surface area (TPSA) is 157 Å². The van der Waals surface area contributed by atoms with Crippen LogP contribution in [0.3, 0.4) is 0 Å². The second-order valence-electron chi connectivity index (χ2n) is 4.06. The molecule has 4 atom stereocenters. The van der Waals surface area contributed by atoms with Gasteiger partial charge in [0.15, 0.2) is 0 Å². The quantitative estimate of drug-likeness (QED) is 0.103. The molecule has 10 heteroatoms. The molecule has 0 aliphatic rings. The molecule has 0 saturated carbocycles. The maximum absolute atomic E-state index is 9.63. The van der Waals surface area contributed by atoms with Gasteiger partial charge in [0, 0.05) is 0 Å². The lowest BCUT2D eigenvalue weighted by Gasteiger charge is -2.21. The van der Waals surface area contributed by atoms with Gasteiger partial charge in [0.05, 0.1) is 0 Å². The maximum atomic E-state index is 9.63. The molecule has 0 radical (unpaired) electrons. The summed E-state index contributed by atoms with van der Waals surface area (Å²) in [6.45, 7) is 1.98. The molecule has 0 spiro atoms. The van der Waals surface area contributed by atoms with E-state index in [1.54, 1.807) is 0 Å². The van der Waals surface area contributed by atoms with Gasteiger partial charge in [0.25, 0.3) is 0 Å². The van der Waals surface area contributed by atoms with Crippen LogP contribution in [0.5, 0.6) is 0 Å². The van der Waals surface area contributed by atoms with Gasteiger partial charge in [-0.15, -0.1) is 0 Å². The lowest BCUT2D eigenvalue weighted by molar-refractivity contribution is 0.0466. The Bertz CT molecular complexity index is 209. The lowest BCUT2D eigenvalue weighted by atomic mass is 10.4. The SMILES string of the molecule is NCCCNC(O)C(O)SSC(O)C(O)NCCCN. The van der Waals surface area contributed by atoms with Crippen LogP contribution in [0.25, 0.3) is 0 Å². The molecular formula is C10H26N4O4S2. The molecule has 0 aromatic rings. The van der Waals surface area contributed by atoms with Crippen molar-refractivity contribution in [2.45, 2.75) is 36.2 Å². The molecule has 0 bridgehead atoms. The fourth-order valence-corrected chi connectivity index (χ4v) is 3.07. The van der Waals surface area contributed by atoms with Crippen molar-refractivity contribution in [1.29, 1.82) is 0 Å². The molecule has 0 aliphatic carbocycles. The van der Waals surface area contributed by atoms with Gasteiger partial charge in [0.2, 0.25) is 0 Å². The molecule has 0 aromatic carbocycles. The zero-order valence-electron chi connectivity index (χ0n) is 11.3. The van der Waals surface area contributed by atoms with E-state index in [1.807, 2.05) is 0 Å². The first-order chi connectivity index (χ1) is 9.52. The van der Waals surface area contributed by atoms with E-state index in [1.165, 1.54) is 0 Å². The van der Waals surface area contributed by atoms with Gasteiger partial charge < -0.3 is 31.9 Å². The number of hydrogen-bond acceptors (Lipinski definition) is 10. The molecule has 0 heterocycles. The van der Waals surface area contributed by atoms with Crippen LogP contribution in [-0.2, 0) is 0 Å². The fraction of sp³-hybridized carbons (Fsp3) is 1.00. The van der Waals surface area contributed by atoms with Gasteiger partial charge in [-0.3, -0.25) is 10.6 Å². The molecule has 0 aliphatic heterocycles. The minimum absolute atomic E-state index is 0.492. The smallest absolute Gasteiger partial charge is 0.148 e. The Labute approximate surface area is 127 Å². The second kappa shape index (κ2) is 13.1. The van der Waals surface area contributed by atoms with Crippen LogP contribution < -0.4 is 22.1 Å². The Morgan fingerprint density at radius 3 is 1.40 bits per heavy atom. The van der Waals surface area contributed by atoms with Crippen LogP contribution in [0.15, 0.2) is 0 Å². The minimum atomic E-state index is -1.12. The van der Waals surface area contributed by atoms with Crippen molar-refractivity contribution in [1.82, 2.24) is 10.6 Å². The summed E-state index contributed by atoms with van der Waals surface area (Å²) >= 11 is 0. The van der Waals surface area contributed by atoms with E-state index in [0.717, 1.165) is 21.6 Å². The number of nitrogens with one attached hydrogen (secondary N) is 2. The van der Waals surface area contributed by atoms with Crippen LogP contribution in [0.2, 0.25) is 0 Å². The highest BCUT2D eigenvalue weighted by molar-refractivity contribution is 8.77. The molecule has 10 N–H and O–H groups in total. The molecule has 8 nitrogen and oxygen atoms in total. The first-order valence-corrected chi connectivity index (χ1v) is 8.71. The maximum Gasteiger partial charge on any atom is 0.148 e. The van der Waals surface area contributed by atoms with Crippen molar-refractivity contribution >= 4 is 21.6 Å². The summed E-state index contributed by atoms with van der Waals surface area (Å²) in [7, 11) is 1.74. The van der Waals surface area contributed by atoms with Crippen molar-refractivity contribution in [3.63, 3.8) is 0 Å². The van der Waals surface area contributed by atoms with Crippen molar-refractivity contribution in [2.24, 2.45) is 11.5 Å². The van der Waals surface area contributed by atoms with E-state index < -0.39 is 23.3 Å². The molecule has 0 aromatic heterocycles. The Morgan fingerprint density at radius 1 is 0.750 bits per heavy atom. The Kier molecular flexibility index (Phi) is 13.3. The number of nitrogens with two attached hydrogens (primary N) is 2. The number of aliphatic hydroxyl groups is 4. The Hall–Kier alpha value is 0.380. The molecule has 0 fully saturated rings. The summed E-state index contributed by atoms with van der Waals surface area (Å²) in [6, 6.07) is 0. The van der Waals surface area contributed by atoms with Crippen molar-refractivity contribution in [3.05, 3.63) is 0 Å². The van der Waals surface area contributed by atoms with Gasteiger partial charge >= 0.3 is 0 Å².